The van der Waals surface area contributed by atoms with E-state index >= 15 is 0 Å². The Morgan fingerprint density at radius 3 is 1.75 bits per heavy atom. The molecule has 0 radical (unpaired) electrons. The van der Waals surface area contributed by atoms with E-state index in [-0.39, 0.29) is 0 Å². The standard InChI is InChI=1S/C17H11BrClN/c18-14-8-4-12(5-9-14)16-2-1-3-17(20-16)13-6-10-15(19)11-7-13/h1-11H. The number of hydrogen-bond acceptors (Lipinski definition) is 1. The van der Waals surface area contributed by atoms with E-state index in [1.54, 1.807) is 0 Å². The summed E-state index contributed by atoms with van der Waals surface area (Å²) >= 11 is 9.36. The van der Waals surface area contributed by atoms with E-state index in [4.69, 9.17) is 16.6 Å². The number of rotatable bonds is 2. The third-order valence-corrected chi connectivity index (χ3v) is 3.81. The first kappa shape index (κ1) is 13.3. The van der Waals surface area contributed by atoms with E-state index in [1.807, 2.05) is 54.6 Å². The lowest BCUT2D eigenvalue weighted by molar-refractivity contribution is 1.32. The highest BCUT2D eigenvalue weighted by Crippen LogP contribution is 2.24. The molecule has 0 spiro atoms. The SMILES string of the molecule is Clc1ccc(-c2cccc(-c3ccc(Br)cc3)n2)cc1. The average molecular weight is 345 g/mol. The van der Waals surface area contributed by atoms with Crippen LogP contribution in [0.3, 0.4) is 0 Å². The van der Waals surface area contributed by atoms with Gasteiger partial charge >= 0.3 is 0 Å². The van der Waals surface area contributed by atoms with Crippen molar-refractivity contribution in [2.75, 3.05) is 0 Å². The van der Waals surface area contributed by atoms with Crippen molar-refractivity contribution in [3.05, 3.63) is 76.2 Å². The fourth-order valence-electron chi connectivity index (χ4n) is 2.00. The second kappa shape index (κ2) is 5.78. The van der Waals surface area contributed by atoms with Gasteiger partial charge in [-0.25, -0.2) is 4.98 Å². The number of nitrogens with zero attached hydrogens (tertiary/aromatic N) is 1. The molecule has 1 aromatic heterocycles. The summed E-state index contributed by atoms with van der Waals surface area (Å²) in [4.78, 5) is 4.71. The molecule has 1 nitrogen and oxygen atoms in total. The van der Waals surface area contributed by atoms with Crippen LogP contribution in [0, 0.1) is 0 Å². The van der Waals surface area contributed by atoms with Crippen molar-refractivity contribution >= 4 is 27.5 Å². The van der Waals surface area contributed by atoms with Gasteiger partial charge in [-0.1, -0.05) is 57.9 Å². The number of benzene rings is 2. The zero-order valence-electron chi connectivity index (χ0n) is 10.6. The first-order valence-corrected chi connectivity index (χ1v) is 7.38. The summed E-state index contributed by atoms with van der Waals surface area (Å²) in [5.74, 6) is 0. The summed E-state index contributed by atoms with van der Waals surface area (Å²) in [7, 11) is 0. The lowest BCUT2D eigenvalue weighted by Crippen LogP contribution is -1.87. The molecule has 0 fully saturated rings. The van der Waals surface area contributed by atoms with Gasteiger partial charge in [-0.2, -0.15) is 0 Å². The molecule has 3 heteroatoms. The fraction of sp³-hybridized carbons (Fsp3) is 0. The minimum Gasteiger partial charge on any atom is -0.248 e. The van der Waals surface area contributed by atoms with Gasteiger partial charge in [-0.3, -0.25) is 0 Å². The normalized spacial score (nSPS) is 10.5. The van der Waals surface area contributed by atoms with Crippen molar-refractivity contribution < 1.29 is 0 Å². The molecule has 20 heavy (non-hydrogen) atoms. The third kappa shape index (κ3) is 2.92. The molecular formula is C17H11BrClN. The van der Waals surface area contributed by atoms with Gasteiger partial charge in [-0.05, 0) is 36.4 Å². The van der Waals surface area contributed by atoms with E-state index in [1.165, 1.54) is 0 Å². The van der Waals surface area contributed by atoms with E-state index < -0.39 is 0 Å². The van der Waals surface area contributed by atoms with Crippen LogP contribution < -0.4 is 0 Å². The largest absolute Gasteiger partial charge is 0.248 e. The van der Waals surface area contributed by atoms with E-state index in [0.29, 0.717) is 0 Å². The van der Waals surface area contributed by atoms with E-state index in [2.05, 4.69) is 28.1 Å². The quantitative estimate of drug-likeness (QED) is 0.570. The maximum absolute atomic E-state index is 5.92. The van der Waals surface area contributed by atoms with Gasteiger partial charge in [0.2, 0.25) is 0 Å². The molecule has 0 aliphatic carbocycles. The fourth-order valence-corrected chi connectivity index (χ4v) is 2.39. The molecule has 0 aliphatic heterocycles. The molecule has 0 N–H and O–H groups in total. The van der Waals surface area contributed by atoms with Gasteiger partial charge < -0.3 is 0 Å². The third-order valence-electron chi connectivity index (χ3n) is 3.03. The Bertz CT molecular complexity index is 660. The zero-order valence-corrected chi connectivity index (χ0v) is 12.9. The minimum atomic E-state index is 0.734. The molecule has 0 amide bonds. The van der Waals surface area contributed by atoms with Crippen LogP contribution in [0.5, 0.6) is 0 Å². The average Bonchev–Trinajstić information content (AvgIpc) is 2.49. The topological polar surface area (TPSA) is 12.9 Å². The number of aromatic nitrogens is 1. The number of hydrogen-bond donors (Lipinski definition) is 0. The summed E-state index contributed by atoms with van der Waals surface area (Å²) < 4.78 is 1.06. The first-order valence-electron chi connectivity index (χ1n) is 6.21. The maximum atomic E-state index is 5.92. The van der Waals surface area contributed by atoms with Crippen LogP contribution in [0.2, 0.25) is 5.02 Å². The summed E-state index contributed by atoms with van der Waals surface area (Å²) in [6.45, 7) is 0. The monoisotopic (exact) mass is 343 g/mol. The Labute approximate surface area is 131 Å². The van der Waals surface area contributed by atoms with Crippen LogP contribution in [-0.4, -0.2) is 4.98 Å². The van der Waals surface area contributed by atoms with Gasteiger partial charge in [0.1, 0.15) is 0 Å². The van der Waals surface area contributed by atoms with Gasteiger partial charge in [0.25, 0.3) is 0 Å². The summed E-state index contributed by atoms with van der Waals surface area (Å²) in [6.07, 6.45) is 0. The Kier molecular flexibility index (Phi) is 3.86. The Morgan fingerprint density at radius 2 is 1.20 bits per heavy atom. The predicted octanol–water partition coefficient (Wildman–Crippen LogP) is 5.83. The molecule has 2 aromatic carbocycles. The zero-order chi connectivity index (χ0) is 13.9. The molecule has 0 saturated carbocycles. The van der Waals surface area contributed by atoms with Crippen LogP contribution in [0.15, 0.2) is 71.2 Å². The highest BCUT2D eigenvalue weighted by molar-refractivity contribution is 9.10. The van der Waals surface area contributed by atoms with Gasteiger partial charge in [-0.15, -0.1) is 0 Å². The number of halogens is 2. The molecule has 3 rings (SSSR count). The molecule has 0 unspecified atom stereocenters. The lowest BCUT2D eigenvalue weighted by Gasteiger charge is -2.05. The van der Waals surface area contributed by atoms with Crippen LogP contribution in [0.4, 0.5) is 0 Å². The molecule has 0 atom stereocenters. The molecular weight excluding hydrogens is 334 g/mol. The van der Waals surface area contributed by atoms with Crippen LogP contribution in [0.25, 0.3) is 22.5 Å². The first-order chi connectivity index (χ1) is 9.72. The van der Waals surface area contributed by atoms with Crippen molar-refractivity contribution in [2.45, 2.75) is 0 Å². The van der Waals surface area contributed by atoms with Crippen molar-refractivity contribution in [3.63, 3.8) is 0 Å². The second-order valence-corrected chi connectivity index (χ2v) is 5.77. The predicted molar refractivity (Wildman–Crippen MR) is 87.8 cm³/mol. The Hall–Kier alpha value is -1.64. The summed E-state index contributed by atoms with van der Waals surface area (Å²) in [6, 6.07) is 21.9. The van der Waals surface area contributed by atoms with Crippen LogP contribution >= 0.6 is 27.5 Å². The maximum Gasteiger partial charge on any atom is 0.0709 e. The Morgan fingerprint density at radius 1 is 0.700 bits per heavy atom. The van der Waals surface area contributed by atoms with Crippen LogP contribution in [-0.2, 0) is 0 Å². The summed E-state index contributed by atoms with van der Waals surface area (Å²) in [5, 5.41) is 0.734. The highest BCUT2D eigenvalue weighted by atomic mass is 79.9. The molecule has 3 aromatic rings. The van der Waals surface area contributed by atoms with Crippen molar-refractivity contribution in [2.24, 2.45) is 0 Å². The second-order valence-electron chi connectivity index (χ2n) is 4.42. The smallest absolute Gasteiger partial charge is 0.0709 e. The number of pyridine rings is 1. The summed E-state index contributed by atoms with van der Waals surface area (Å²) in [5.41, 5.74) is 4.07. The molecule has 0 saturated heterocycles. The van der Waals surface area contributed by atoms with E-state index in [9.17, 15) is 0 Å². The van der Waals surface area contributed by atoms with Crippen molar-refractivity contribution in [3.8, 4) is 22.5 Å². The van der Waals surface area contributed by atoms with Crippen molar-refractivity contribution in [1.29, 1.82) is 0 Å². The Balaban J connectivity index is 2.01. The minimum absolute atomic E-state index is 0.734. The molecule has 1 heterocycles. The molecule has 0 bridgehead atoms. The van der Waals surface area contributed by atoms with Gasteiger partial charge in [0, 0.05) is 20.6 Å². The molecule has 98 valence electrons. The lowest BCUT2D eigenvalue weighted by atomic mass is 10.1. The van der Waals surface area contributed by atoms with E-state index in [0.717, 1.165) is 32.0 Å². The highest BCUT2D eigenvalue weighted by Gasteiger charge is 2.03. The van der Waals surface area contributed by atoms with Gasteiger partial charge in [0.15, 0.2) is 0 Å². The van der Waals surface area contributed by atoms with Crippen molar-refractivity contribution in [1.82, 2.24) is 4.98 Å². The molecule has 0 aliphatic rings. The van der Waals surface area contributed by atoms with Crippen LogP contribution in [0.1, 0.15) is 0 Å². The van der Waals surface area contributed by atoms with Gasteiger partial charge in [0.05, 0.1) is 11.4 Å².